The quantitative estimate of drug-likeness (QED) is 0.279. The molecular formula is C31H38N2O7. The van der Waals surface area contributed by atoms with Crippen LogP contribution in [0.3, 0.4) is 0 Å². The SMILES string of the molecule is CCN[C@H](CNC)Oc1cc(OC)c2c(c1)-c1ccc3c(c1CC2)[C@@H](O)[C@H](c1cc(OC)c(O)c(OC)c1)CO3. The first-order chi connectivity index (χ1) is 19.4. The van der Waals surface area contributed by atoms with Crippen LogP contribution in [-0.4, -0.2) is 64.5 Å². The predicted molar refractivity (Wildman–Crippen MR) is 152 cm³/mol. The lowest BCUT2D eigenvalue weighted by molar-refractivity contribution is 0.0878. The number of nitrogens with one attached hydrogen (secondary N) is 2. The molecule has 0 saturated heterocycles. The number of aromatic hydroxyl groups is 1. The van der Waals surface area contributed by atoms with Gasteiger partial charge in [-0.3, -0.25) is 5.32 Å². The first-order valence-electron chi connectivity index (χ1n) is 13.6. The summed E-state index contributed by atoms with van der Waals surface area (Å²) in [5.41, 5.74) is 5.78. The molecule has 2 aliphatic rings. The van der Waals surface area contributed by atoms with Crippen LogP contribution in [0.2, 0.25) is 0 Å². The van der Waals surface area contributed by atoms with Crippen LogP contribution >= 0.6 is 0 Å². The van der Waals surface area contributed by atoms with Gasteiger partial charge >= 0.3 is 0 Å². The van der Waals surface area contributed by atoms with Crippen LogP contribution in [0, 0.1) is 0 Å². The Morgan fingerprint density at radius 2 is 1.65 bits per heavy atom. The lowest BCUT2D eigenvalue weighted by Crippen LogP contribution is -2.41. The van der Waals surface area contributed by atoms with Crippen LogP contribution in [0.15, 0.2) is 36.4 Å². The van der Waals surface area contributed by atoms with Gasteiger partial charge in [0.1, 0.15) is 17.2 Å². The number of ether oxygens (including phenoxy) is 5. The van der Waals surface area contributed by atoms with E-state index in [0.29, 0.717) is 18.0 Å². The summed E-state index contributed by atoms with van der Waals surface area (Å²) in [5.74, 6) is 2.29. The molecule has 0 saturated carbocycles. The Kier molecular flexibility index (Phi) is 8.25. The smallest absolute Gasteiger partial charge is 0.200 e. The van der Waals surface area contributed by atoms with Crippen molar-refractivity contribution in [1.29, 1.82) is 0 Å². The van der Waals surface area contributed by atoms with Crippen LogP contribution in [-0.2, 0) is 12.8 Å². The van der Waals surface area contributed by atoms with Gasteiger partial charge in [0, 0.05) is 29.7 Å². The van der Waals surface area contributed by atoms with E-state index in [1.165, 1.54) is 14.2 Å². The predicted octanol–water partition coefficient (Wildman–Crippen LogP) is 3.93. The molecule has 1 aliphatic carbocycles. The van der Waals surface area contributed by atoms with E-state index < -0.39 is 6.10 Å². The van der Waals surface area contributed by atoms with Crippen molar-refractivity contribution in [1.82, 2.24) is 10.6 Å². The zero-order valence-electron chi connectivity index (χ0n) is 23.7. The highest BCUT2D eigenvalue weighted by atomic mass is 16.5. The number of phenols is 1. The Morgan fingerprint density at radius 1 is 0.950 bits per heavy atom. The summed E-state index contributed by atoms with van der Waals surface area (Å²) in [6.45, 7) is 3.75. The molecule has 9 nitrogen and oxygen atoms in total. The van der Waals surface area contributed by atoms with E-state index in [1.54, 1.807) is 19.2 Å². The minimum Gasteiger partial charge on any atom is -0.502 e. The molecule has 0 unspecified atom stereocenters. The van der Waals surface area contributed by atoms with E-state index in [2.05, 4.69) is 22.8 Å². The first-order valence-corrected chi connectivity index (χ1v) is 13.6. The highest BCUT2D eigenvalue weighted by Crippen LogP contribution is 2.50. The van der Waals surface area contributed by atoms with Gasteiger partial charge in [0.25, 0.3) is 0 Å². The van der Waals surface area contributed by atoms with Crippen LogP contribution in [0.4, 0.5) is 0 Å². The zero-order valence-corrected chi connectivity index (χ0v) is 23.7. The van der Waals surface area contributed by atoms with Gasteiger partial charge in [-0.2, -0.15) is 0 Å². The molecule has 0 spiro atoms. The number of fused-ring (bicyclic) bond motifs is 5. The second-order valence-electron chi connectivity index (χ2n) is 10.0. The van der Waals surface area contributed by atoms with Crippen molar-refractivity contribution in [2.45, 2.75) is 38.0 Å². The maximum absolute atomic E-state index is 11.8. The molecule has 4 N–H and O–H groups in total. The number of likely N-dealkylation sites (N-methyl/N-ethyl adjacent to an activating group) is 2. The standard InChI is InChI=1S/C31H38N2O7/c1-6-33-28(15-32-2)40-18-13-22-19-9-10-24-29(21(19)8-7-20(22)25(14-18)36-3)30(34)23(16-39-24)17-11-26(37-4)31(35)27(12-17)38-5/h9-14,23,28,30,32-35H,6-8,15-16H2,1-5H3/t23-,28-,30-/m0/s1. The fourth-order valence-electron chi connectivity index (χ4n) is 5.84. The number of aliphatic hydroxyl groups excluding tert-OH is 1. The molecule has 0 bridgehead atoms. The summed E-state index contributed by atoms with van der Waals surface area (Å²) in [5, 5.41) is 28.7. The minimum absolute atomic E-state index is 0.0765. The van der Waals surface area contributed by atoms with E-state index in [-0.39, 0.29) is 36.0 Å². The molecule has 9 heteroatoms. The fraction of sp³-hybridized carbons (Fsp3) is 0.419. The largest absolute Gasteiger partial charge is 0.502 e. The van der Waals surface area contributed by atoms with Gasteiger partial charge in [-0.15, -0.1) is 0 Å². The van der Waals surface area contributed by atoms with Crippen molar-refractivity contribution in [3.05, 3.63) is 58.7 Å². The van der Waals surface area contributed by atoms with E-state index >= 15 is 0 Å². The third-order valence-corrected chi connectivity index (χ3v) is 7.76. The van der Waals surface area contributed by atoms with Gasteiger partial charge in [-0.1, -0.05) is 13.0 Å². The van der Waals surface area contributed by atoms with Gasteiger partial charge in [0.05, 0.1) is 34.0 Å². The highest BCUT2D eigenvalue weighted by Gasteiger charge is 2.36. The van der Waals surface area contributed by atoms with Crippen molar-refractivity contribution in [2.24, 2.45) is 0 Å². The lowest BCUT2D eigenvalue weighted by atomic mass is 9.77. The summed E-state index contributed by atoms with van der Waals surface area (Å²) < 4.78 is 29.0. The average Bonchev–Trinajstić information content (AvgIpc) is 2.97. The molecule has 0 aromatic heterocycles. The van der Waals surface area contributed by atoms with Crippen LogP contribution in [0.25, 0.3) is 11.1 Å². The first kappa shape index (κ1) is 27.9. The van der Waals surface area contributed by atoms with Crippen molar-refractivity contribution in [3.8, 4) is 45.6 Å². The molecule has 3 aromatic carbocycles. The van der Waals surface area contributed by atoms with Gasteiger partial charge in [-0.25, -0.2) is 0 Å². The molecule has 0 fully saturated rings. The summed E-state index contributed by atoms with van der Waals surface area (Å²) >= 11 is 0. The molecule has 214 valence electrons. The summed E-state index contributed by atoms with van der Waals surface area (Å²) in [6, 6.07) is 11.5. The van der Waals surface area contributed by atoms with Gasteiger partial charge < -0.3 is 39.2 Å². The summed E-state index contributed by atoms with van der Waals surface area (Å²) in [4.78, 5) is 0. The Bertz CT molecular complexity index is 1350. The topological polar surface area (TPSA) is 111 Å². The Labute approximate surface area is 235 Å². The average molecular weight is 551 g/mol. The highest BCUT2D eigenvalue weighted by molar-refractivity contribution is 5.79. The molecule has 0 radical (unpaired) electrons. The number of hydrogen-bond acceptors (Lipinski definition) is 9. The van der Waals surface area contributed by atoms with Gasteiger partial charge in [0.15, 0.2) is 17.7 Å². The Hall–Kier alpha value is -3.66. The zero-order chi connectivity index (χ0) is 28.4. The maximum atomic E-state index is 11.8. The van der Waals surface area contributed by atoms with Crippen molar-refractivity contribution in [2.75, 3.05) is 48.1 Å². The minimum atomic E-state index is -0.825. The van der Waals surface area contributed by atoms with Crippen LogP contribution in [0.5, 0.6) is 34.5 Å². The van der Waals surface area contributed by atoms with E-state index in [9.17, 15) is 10.2 Å². The number of aliphatic hydroxyl groups is 1. The van der Waals surface area contributed by atoms with Crippen molar-refractivity contribution >= 4 is 0 Å². The molecule has 40 heavy (non-hydrogen) atoms. The molecule has 0 amide bonds. The second kappa shape index (κ2) is 11.8. The van der Waals surface area contributed by atoms with E-state index in [0.717, 1.165) is 58.5 Å². The van der Waals surface area contributed by atoms with E-state index in [4.69, 9.17) is 23.7 Å². The Morgan fingerprint density at radius 3 is 2.30 bits per heavy atom. The molecule has 5 rings (SSSR count). The van der Waals surface area contributed by atoms with Gasteiger partial charge in [0.2, 0.25) is 5.75 Å². The molecule has 3 atom stereocenters. The number of methoxy groups -OCH3 is 3. The lowest BCUT2D eigenvalue weighted by Gasteiger charge is -2.35. The van der Waals surface area contributed by atoms with Crippen molar-refractivity contribution in [3.63, 3.8) is 0 Å². The molecular weight excluding hydrogens is 512 g/mol. The van der Waals surface area contributed by atoms with E-state index in [1.807, 2.05) is 26.1 Å². The number of hydrogen-bond donors (Lipinski definition) is 4. The number of phenolic OH excluding ortho intramolecular Hbond substituents is 1. The summed E-state index contributed by atoms with van der Waals surface area (Å²) in [6.07, 6.45) is 0.471. The third kappa shape index (κ3) is 5.00. The fourth-order valence-corrected chi connectivity index (χ4v) is 5.84. The number of benzene rings is 3. The normalized spacial score (nSPS) is 18.1. The number of rotatable bonds is 10. The Balaban J connectivity index is 1.56. The van der Waals surface area contributed by atoms with Crippen molar-refractivity contribution < 1.29 is 33.9 Å². The monoisotopic (exact) mass is 550 g/mol. The van der Waals surface area contributed by atoms with Gasteiger partial charge in [-0.05, 0) is 73.0 Å². The molecule has 1 aliphatic heterocycles. The third-order valence-electron chi connectivity index (χ3n) is 7.76. The molecule has 3 aromatic rings. The second-order valence-corrected chi connectivity index (χ2v) is 10.0. The van der Waals surface area contributed by atoms with Crippen LogP contribution < -0.4 is 34.3 Å². The summed E-state index contributed by atoms with van der Waals surface area (Å²) in [7, 11) is 6.55. The molecule has 1 heterocycles. The van der Waals surface area contributed by atoms with Crippen LogP contribution in [0.1, 0.15) is 41.2 Å². The maximum Gasteiger partial charge on any atom is 0.200 e.